The molecular formula is C10H23NO. The molecule has 0 radical (unpaired) electrons. The number of rotatable bonds is 7. The summed E-state index contributed by atoms with van der Waals surface area (Å²) in [7, 11) is 3.77. The highest BCUT2D eigenvalue weighted by Gasteiger charge is 2.15. The zero-order valence-electron chi connectivity index (χ0n) is 8.94. The molecule has 0 saturated carbocycles. The van der Waals surface area contributed by atoms with Crippen LogP contribution >= 0.6 is 0 Å². The summed E-state index contributed by atoms with van der Waals surface area (Å²) in [6.45, 7) is 6.64. The average Bonchev–Trinajstić information content (AvgIpc) is 2.01. The Morgan fingerprint density at radius 3 is 2.42 bits per heavy atom. The minimum atomic E-state index is 0.460. The topological polar surface area (TPSA) is 21.3 Å². The Morgan fingerprint density at radius 2 is 1.92 bits per heavy atom. The molecule has 0 saturated heterocycles. The molecule has 2 nitrogen and oxygen atoms in total. The zero-order chi connectivity index (χ0) is 9.45. The molecule has 0 fully saturated rings. The Hall–Kier alpha value is -0.0800. The van der Waals surface area contributed by atoms with Gasteiger partial charge < -0.3 is 10.1 Å². The monoisotopic (exact) mass is 173 g/mol. The van der Waals surface area contributed by atoms with E-state index in [1.807, 2.05) is 7.05 Å². The molecule has 0 spiro atoms. The van der Waals surface area contributed by atoms with Crippen molar-refractivity contribution in [3.8, 4) is 0 Å². The fourth-order valence-electron chi connectivity index (χ4n) is 1.28. The van der Waals surface area contributed by atoms with Gasteiger partial charge in [-0.2, -0.15) is 0 Å². The van der Waals surface area contributed by atoms with Crippen LogP contribution in [0.15, 0.2) is 0 Å². The lowest BCUT2D eigenvalue weighted by atomic mass is 9.84. The highest BCUT2D eigenvalue weighted by atomic mass is 16.5. The number of hydrogen-bond acceptors (Lipinski definition) is 2. The van der Waals surface area contributed by atoms with Crippen molar-refractivity contribution in [3.63, 3.8) is 0 Å². The van der Waals surface area contributed by atoms with Gasteiger partial charge >= 0.3 is 0 Å². The molecule has 1 N–H and O–H groups in total. The van der Waals surface area contributed by atoms with Crippen LogP contribution < -0.4 is 5.32 Å². The van der Waals surface area contributed by atoms with E-state index in [2.05, 4.69) is 19.2 Å². The molecule has 0 aliphatic carbocycles. The van der Waals surface area contributed by atoms with Gasteiger partial charge in [0.2, 0.25) is 0 Å². The lowest BCUT2D eigenvalue weighted by Gasteiger charge is -2.24. The van der Waals surface area contributed by atoms with E-state index in [1.165, 1.54) is 19.3 Å². The molecule has 0 heterocycles. The van der Waals surface area contributed by atoms with E-state index in [0.29, 0.717) is 5.41 Å². The first-order valence-corrected chi connectivity index (χ1v) is 4.76. The van der Waals surface area contributed by atoms with Crippen molar-refractivity contribution >= 4 is 0 Å². The summed E-state index contributed by atoms with van der Waals surface area (Å²) in [6.07, 6.45) is 3.67. The number of nitrogens with one attached hydrogen (secondary N) is 1. The predicted octanol–water partition coefficient (Wildman–Crippen LogP) is 2.05. The van der Waals surface area contributed by atoms with Crippen LogP contribution in [-0.2, 0) is 4.74 Å². The lowest BCUT2D eigenvalue weighted by molar-refractivity contribution is 0.172. The van der Waals surface area contributed by atoms with Crippen LogP contribution in [-0.4, -0.2) is 27.3 Å². The third-order valence-electron chi connectivity index (χ3n) is 2.25. The van der Waals surface area contributed by atoms with E-state index >= 15 is 0 Å². The second-order valence-corrected chi connectivity index (χ2v) is 4.11. The average molecular weight is 173 g/mol. The predicted molar refractivity (Wildman–Crippen MR) is 53.4 cm³/mol. The molecule has 0 aliphatic heterocycles. The summed E-state index contributed by atoms with van der Waals surface area (Å²) in [6, 6.07) is 0. The summed E-state index contributed by atoms with van der Waals surface area (Å²) < 4.78 is 5.03. The van der Waals surface area contributed by atoms with Crippen molar-refractivity contribution in [1.29, 1.82) is 0 Å². The minimum absolute atomic E-state index is 0.460. The van der Waals surface area contributed by atoms with Crippen molar-refractivity contribution in [2.75, 3.05) is 27.3 Å². The van der Waals surface area contributed by atoms with E-state index < -0.39 is 0 Å². The van der Waals surface area contributed by atoms with Gasteiger partial charge in [-0.15, -0.1) is 0 Å². The van der Waals surface area contributed by atoms with Crippen LogP contribution in [0, 0.1) is 5.41 Å². The van der Waals surface area contributed by atoms with Crippen LogP contribution in [0.3, 0.4) is 0 Å². The van der Waals surface area contributed by atoms with Crippen molar-refractivity contribution in [1.82, 2.24) is 5.32 Å². The van der Waals surface area contributed by atoms with E-state index in [4.69, 9.17) is 4.74 Å². The smallest absolute Gasteiger partial charge is 0.0462 e. The Balaban J connectivity index is 3.42. The van der Waals surface area contributed by atoms with Gasteiger partial charge in [0.1, 0.15) is 0 Å². The maximum atomic E-state index is 5.03. The Labute approximate surface area is 76.7 Å². The molecule has 0 aromatic heterocycles. The lowest BCUT2D eigenvalue weighted by Crippen LogP contribution is -2.19. The fourth-order valence-corrected chi connectivity index (χ4v) is 1.28. The highest BCUT2D eigenvalue weighted by molar-refractivity contribution is 4.69. The molecule has 0 unspecified atom stereocenters. The van der Waals surface area contributed by atoms with Crippen LogP contribution in [0.1, 0.15) is 33.1 Å². The standard InChI is InChI=1S/C10H23NO/c1-10(2,7-8-11-3)6-5-9-12-4/h11H,5-9H2,1-4H3. The molecule has 0 bridgehead atoms. The van der Waals surface area contributed by atoms with Crippen molar-refractivity contribution in [2.45, 2.75) is 33.1 Å². The number of methoxy groups -OCH3 is 1. The molecule has 0 aromatic rings. The summed E-state index contributed by atoms with van der Waals surface area (Å²) in [5.41, 5.74) is 0.460. The fraction of sp³-hybridized carbons (Fsp3) is 1.00. The van der Waals surface area contributed by atoms with Gasteiger partial charge in [-0.3, -0.25) is 0 Å². The summed E-state index contributed by atoms with van der Waals surface area (Å²) in [4.78, 5) is 0. The second kappa shape index (κ2) is 6.44. The summed E-state index contributed by atoms with van der Waals surface area (Å²) >= 11 is 0. The number of hydrogen-bond donors (Lipinski definition) is 1. The van der Waals surface area contributed by atoms with Gasteiger partial charge in [0, 0.05) is 13.7 Å². The minimum Gasteiger partial charge on any atom is -0.385 e. The maximum Gasteiger partial charge on any atom is 0.0462 e. The Bertz CT molecular complexity index is 102. The highest BCUT2D eigenvalue weighted by Crippen LogP contribution is 2.25. The van der Waals surface area contributed by atoms with Crippen LogP contribution in [0.5, 0.6) is 0 Å². The third-order valence-corrected chi connectivity index (χ3v) is 2.25. The molecule has 2 heteroatoms. The zero-order valence-corrected chi connectivity index (χ0v) is 8.94. The normalized spacial score (nSPS) is 12.0. The van der Waals surface area contributed by atoms with Gasteiger partial charge in [-0.25, -0.2) is 0 Å². The van der Waals surface area contributed by atoms with E-state index in [-0.39, 0.29) is 0 Å². The molecular weight excluding hydrogens is 150 g/mol. The van der Waals surface area contributed by atoms with Gasteiger partial charge in [0.05, 0.1) is 0 Å². The second-order valence-electron chi connectivity index (χ2n) is 4.11. The first-order valence-electron chi connectivity index (χ1n) is 4.76. The maximum absolute atomic E-state index is 5.03. The van der Waals surface area contributed by atoms with Crippen LogP contribution in [0.2, 0.25) is 0 Å². The summed E-state index contributed by atoms with van der Waals surface area (Å²) in [5, 5.41) is 3.18. The van der Waals surface area contributed by atoms with Gasteiger partial charge in [0.15, 0.2) is 0 Å². The van der Waals surface area contributed by atoms with Gasteiger partial charge in [0.25, 0.3) is 0 Å². The molecule has 12 heavy (non-hydrogen) atoms. The van der Waals surface area contributed by atoms with Crippen molar-refractivity contribution in [2.24, 2.45) is 5.41 Å². The Morgan fingerprint density at radius 1 is 1.25 bits per heavy atom. The van der Waals surface area contributed by atoms with Crippen molar-refractivity contribution in [3.05, 3.63) is 0 Å². The molecule has 0 rings (SSSR count). The van der Waals surface area contributed by atoms with E-state index in [9.17, 15) is 0 Å². The van der Waals surface area contributed by atoms with E-state index in [0.717, 1.165) is 13.2 Å². The van der Waals surface area contributed by atoms with Crippen LogP contribution in [0.25, 0.3) is 0 Å². The SMILES string of the molecule is CNCCC(C)(C)CCCOC. The summed E-state index contributed by atoms with van der Waals surface area (Å²) in [5.74, 6) is 0. The first-order chi connectivity index (χ1) is 5.62. The molecule has 0 atom stereocenters. The first kappa shape index (κ1) is 11.9. The largest absolute Gasteiger partial charge is 0.385 e. The van der Waals surface area contributed by atoms with Gasteiger partial charge in [-0.1, -0.05) is 13.8 Å². The molecule has 0 amide bonds. The van der Waals surface area contributed by atoms with Gasteiger partial charge in [-0.05, 0) is 38.3 Å². The third kappa shape index (κ3) is 6.62. The van der Waals surface area contributed by atoms with Crippen molar-refractivity contribution < 1.29 is 4.74 Å². The number of ether oxygens (including phenoxy) is 1. The van der Waals surface area contributed by atoms with Crippen LogP contribution in [0.4, 0.5) is 0 Å². The molecule has 74 valence electrons. The Kier molecular flexibility index (Phi) is 6.39. The van der Waals surface area contributed by atoms with E-state index in [1.54, 1.807) is 7.11 Å². The molecule has 0 aliphatic rings. The quantitative estimate of drug-likeness (QED) is 0.595. The molecule has 0 aromatic carbocycles.